The second-order valence-corrected chi connectivity index (χ2v) is 7.73. The molecule has 0 amide bonds. The zero-order valence-electron chi connectivity index (χ0n) is 13.3. The fraction of sp³-hybridized carbons (Fsp3) is 0.400. The van der Waals surface area contributed by atoms with E-state index in [9.17, 15) is 8.42 Å². The number of benzene rings is 1. The van der Waals surface area contributed by atoms with Crippen molar-refractivity contribution in [2.75, 3.05) is 13.2 Å². The summed E-state index contributed by atoms with van der Waals surface area (Å²) in [7, 11) is -3.63. The fourth-order valence-corrected chi connectivity index (χ4v) is 3.78. The van der Waals surface area contributed by atoms with Gasteiger partial charge in [0.05, 0.1) is 23.1 Å². The third-order valence-corrected chi connectivity index (χ3v) is 5.24. The van der Waals surface area contributed by atoms with Gasteiger partial charge >= 0.3 is 0 Å². The Morgan fingerprint density at radius 1 is 1.17 bits per heavy atom. The number of sulfonamides is 1. The van der Waals surface area contributed by atoms with Gasteiger partial charge in [-0.05, 0) is 32.9 Å². The average molecular weight is 356 g/mol. The van der Waals surface area contributed by atoms with Crippen molar-refractivity contribution >= 4 is 21.4 Å². The molecule has 0 unspecified atom stereocenters. The predicted molar refractivity (Wildman–Crippen MR) is 89.7 cm³/mol. The summed E-state index contributed by atoms with van der Waals surface area (Å²) in [6.07, 6.45) is 1.67. The second kappa shape index (κ2) is 7.76. The molecule has 0 aliphatic carbocycles. The lowest BCUT2D eigenvalue weighted by atomic mass is 10.3. The Morgan fingerprint density at radius 3 is 2.48 bits per heavy atom. The van der Waals surface area contributed by atoms with Crippen LogP contribution >= 0.6 is 11.3 Å². The zero-order chi connectivity index (χ0) is 16.9. The number of thiazole rings is 1. The van der Waals surface area contributed by atoms with Crippen LogP contribution in [0.1, 0.15) is 23.7 Å². The molecule has 126 valence electrons. The van der Waals surface area contributed by atoms with E-state index in [1.807, 2.05) is 20.8 Å². The predicted octanol–water partition coefficient (Wildman–Crippen LogP) is 2.73. The lowest BCUT2D eigenvalue weighted by Gasteiger charge is -2.13. The van der Waals surface area contributed by atoms with E-state index in [1.165, 1.54) is 23.5 Å². The number of rotatable bonds is 8. The van der Waals surface area contributed by atoms with E-state index in [0.717, 1.165) is 9.88 Å². The first-order valence-corrected chi connectivity index (χ1v) is 9.56. The highest BCUT2D eigenvalue weighted by Crippen LogP contribution is 2.30. The summed E-state index contributed by atoms with van der Waals surface area (Å²) in [6, 6.07) is 4.60. The number of nitrogens with one attached hydrogen (secondary N) is 1. The van der Waals surface area contributed by atoms with Crippen LogP contribution in [0, 0.1) is 6.92 Å². The van der Waals surface area contributed by atoms with E-state index < -0.39 is 10.0 Å². The van der Waals surface area contributed by atoms with E-state index in [0.29, 0.717) is 24.7 Å². The number of nitrogens with zero attached hydrogens (tertiary/aromatic N) is 1. The van der Waals surface area contributed by atoms with Gasteiger partial charge in [-0.2, -0.15) is 0 Å². The molecule has 1 aromatic carbocycles. The van der Waals surface area contributed by atoms with Gasteiger partial charge in [0.15, 0.2) is 11.5 Å². The Balaban J connectivity index is 2.19. The van der Waals surface area contributed by atoms with Crippen LogP contribution in [0.5, 0.6) is 11.5 Å². The van der Waals surface area contributed by atoms with Gasteiger partial charge in [-0.15, -0.1) is 11.3 Å². The summed E-state index contributed by atoms with van der Waals surface area (Å²) in [5, 5.41) is 0.902. The highest BCUT2D eigenvalue weighted by molar-refractivity contribution is 7.89. The first-order valence-electron chi connectivity index (χ1n) is 7.27. The van der Waals surface area contributed by atoms with Crippen LogP contribution in [0.15, 0.2) is 29.3 Å². The number of ether oxygens (including phenoxy) is 2. The molecule has 2 rings (SSSR count). The summed E-state index contributed by atoms with van der Waals surface area (Å²) in [5.41, 5.74) is 0. The molecule has 23 heavy (non-hydrogen) atoms. The van der Waals surface area contributed by atoms with Gasteiger partial charge in [0.1, 0.15) is 0 Å². The summed E-state index contributed by atoms with van der Waals surface area (Å²) in [5.74, 6) is 0.956. The van der Waals surface area contributed by atoms with Crippen LogP contribution in [0.2, 0.25) is 0 Å². The van der Waals surface area contributed by atoms with Crippen molar-refractivity contribution in [2.45, 2.75) is 32.2 Å². The third-order valence-electron chi connectivity index (χ3n) is 2.93. The van der Waals surface area contributed by atoms with Gasteiger partial charge in [0.2, 0.25) is 10.0 Å². The Bertz CT molecular complexity index is 757. The normalized spacial score (nSPS) is 11.4. The van der Waals surface area contributed by atoms with Crippen molar-refractivity contribution in [3.05, 3.63) is 34.3 Å². The molecule has 1 aromatic heterocycles. The van der Waals surface area contributed by atoms with Gasteiger partial charge in [-0.25, -0.2) is 18.1 Å². The topological polar surface area (TPSA) is 77.5 Å². The van der Waals surface area contributed by atoms with E-state index >= 15 is 0 Å². The van der Waals surface area contributed by atoms with Crippen molar-refractivity contribution in [1.82, 2.24) is 9.71 Å². The monoisotopic (exact) mass is 356 g/mol. The van der Waals surface area contributed by atoms with Crippen molar-refractivity contribution in [3.63, 3.8) is 0 Å². The molecule has 0 fully saturated rings. The highest BCUT2D eigenvalue weighted by atomic mass is 32.2. The quantitative estimate of drug-likeness (QED) is 0.787. The summed E-state index contributed by atoms with van der Waals surface area (Å²) in [6.45, 7) is 6.70. The molecule has 2 aromatic rings. The summed E-state index contributed by atoms with van der Waals surface area (Å²) < 4.78 is 38.3. The van der Waals surface area contributed by atoms with Crippen molar-refractivity contribution < 1.29 is 17.9 Å². The molecule has 0 radical (unpaired) electrons. The van der Waals surface area contributed by atoms with Crippen LogP contribution in [0.4, 0.5) is 0 Å². The largest absolute Gasteiger partial charge is 0.490 e. The van der Waals surface area contributed by atoms with Gasteiger partial charge in [0, 0.05) is 23.7 Å². The Kier molecular flexibility index (Phi) is 5.97. The SMILES string of the molecule is CCOc1ccc(S(=O)(=O)NCc2cnc(C)s2)cc1OCC. The number of hydrogen-bond donors (Lipinski definition) is 1. The van der Waals surface area contributed by atoms with E-state index in [4.69, 9.17) is 9.47 Å². The maximum Gasteiger partial charge on any atom is 0.241 e. The minimum Gasteiger partial charge on any atom is -0.490 e. The molecule has 0 spiro atoms. The van der Waals surface area contributed by atoms with E-state index in [1.54, 1.807) is 12.3 Å². The van der Waals surface area contributed by atoms with Crippen molar-refractivity contribution in [1.29, 1.82) is 0 Å². The van der Waals surface area contributed by atoms with Gasteiger partial charge < -0.3 is 9.47 Å². The van der Waals surface area contributed by atoms with Crippen molar-refractivity contribution in [2.24, 2.45) is 0 Å². The minimum atomic E-state index is -3.63. The van der Waals surface area contributed by atoms with Crippen LogP contribution < -0.4 is 14.2 Å². The molecule has 0 atom stereocenters. The van der Waals surface area contributed by atoms with Crippen LogP contribution in [0.3, 0.4) is 0 Å². The van der Waals surface area contributed by atoms with E-state index in [2.05, 4.69) is 9.71 Å². The van der Waals surface area contributed by atoms with Crippen LogP contribution in [0.25, 0.3) is 0 Å². The third kappa shape index (κ3) is 4.66. The molecule has 0 bridgehead atoms. The number of aromatic nitrogens is 1. The molecule has 0 saturated heterocycles. The molecule has 0 aliphatic heterocycles. The molecular weight excluding hydrogens is 336 g/mol. The maximum atomic E-state index is 12.4. The van der Waals surface area contributed by atoms with Gasteiger partial charge in [-0.3, -0.25) is 0 Å². The Labute approximate surface area is 140 Å². The standard InChI is InChI=1S/C15H20N2O4S2/c1-4-20-14-7-6-13(8-15(14)21-5-2)23(18,19)17-10-12-9-16-11(3)22-12/h6-9,17H,4-5,10H2,1-3H3. The fourth-order valence-electron chi connectivity index (χ4n) is 1.94. The molecule has 6 nitrogen and oxygen atoms in total. The average Bonchev–Trinajstić information content (AvgIpc) is 2.93. The summed E-state index contributed by atoms with van der Waals surface area (Å²) >= 11 is 1.46. The lowest BCUT2D eigenvalue weighted by Crippen LogP contribution is -2.22. The molecule has 1 heterocycles. The van der Waals surface area contributed by atoms with E-state index in [-0.39, 0.29) is 11.4 Å². The molecular formula is C15H20N2O4S2. The maximum absolute atomic E-state index is 12.4. The molecule has 8 heteroatoms. The van der Waals surface area contributed by atoms with Crippen LogP contribution in [-0.2, 0) is 16.6 Å². The van der Waals surface area contributed by atoms with Crippen molar-refractivity contribution in [3.8, 4) is 11.5 Å². The number of hydrogen-bond acceptors (Lipinski definition) is 6. The second-order valence-electron chi connectivity index (χ2n) is 4.64. The Morgan fingerprint density at radius 2 is 1.87 bits per heavy atom. The van der Waals surface area contributed by atoms with Gasteiger partial charge in [0.25, 0.3) is 0 Å². The first-order chi connectivity index (χ1) is 11.0. The molecule has 1 N–H and O–H groups in total. The Hall–Kier alpha value is -1.64. The number of aryl methyl sites for hydroxylation is 1. The zero-order valence-corrected chi connectivity index (χ0v) is 15.0. The van der Waals surface area contributed by atoms with Crippen LogP contribution in [-0.4, -0.2) is 26.6 Å². The van der Waals surface area contributed by atoms with Gasteiger partial charge in [-0.1, -0.05) is 0 Å². The summed E-state index contributed by atoms with van der Waals surface area (Å²) in [4.78, 5) is 5.11. The molecule has 0 aliphatic rings. The molecule has 0 saturated carbocycles. The highest BCUT2D eigenvalue weighted by Gasteiger charge is 2.17. The lowest BCUT2D eigenvalue weighted by molar-refractivity contribution is 0.287. The minimum absolute atomic E-state index is 0.144. The first kappa shape index (κ1) is 17.7. The smallest absolute Gasteiger partial charge is 0.241 e.